The van der Waals surface area contributed by atoms with E-state index < -0.39 is 18.0 Å². The zero-order valence-corrected chi connectivity index (χ0v) is 14.1. The third kappa shape index (κ3) is 4.47. The Kier molecular flexibility index (Phi) is 5.64. The number of amides is 1. The summed E-state index contributed by atoms with van der Waals surface area (Å²) in [6.45, 7) is 3.40. The van der Waals surface area contributed by atoms with Gasteiger partial charge in [0.05, 0.1) is 15.6 Å². The van der Waals surface area contributed by atoms with E-state index in [0.717, 1.165) is 5.56 Å². The molecule has 2 aromatic rings. The van der Waals surface area contributed by atoms with Gasteiger partial charge >= 0.3 is 5.97 Å². The number of rotatable bonds is 4. The highest BCUT2D eigenvalue weighted by Gasteiger charge is 2.22. The van der Waals surface area contributed by atoms with E-state index in [2.05, 4.69) is 5.32 Å². The predicted octanol–water partition coefficient (Wildman–Crippen LogP) is 4.49. The van der Waals surface area contributed by atoms with Crippen LogP contribution in [0.15, 0.2) is 42.5 Å². The van der Waals surface area contributed by atoms with Gasteiger partial charge in [-0.2, -0.15) is 0 Å². The van der Waals surface area contributed by atoms with E-state index >= 15 is 0 Å². The van der Waals surface area contributed by atoms with Crippen molar-refractivity contribution in [2.75, 3.05) is 5.32 Å². The van der Waals surface area contributed by atoms with E-state index in [1.807, 2.05) is 25.1 Å². The van der Waals surface area contributed by atoms with Gasteiger partial charge in [0, 0.05) is 5.69 Å². The van der Waals surface area contributed by atoms with E-state index in [-0.39, 0.29) is 15.6 Å². The molecular formula is C17H15Cl2NO3. The molecule has 0 saturated carbocycles. The van der Waals surface area contributed by atoms with Gasteiger partial charge < -0.3 is 10.1 Å². The second-order valence-corrected chi connectivity index (χ2v) is 5.82. The summed E-state index contributed by atoms with van der Waals surface area (Å²) < 4.78 is 5.14. The number of carbonyl (C=O) groups excluding carboxylic acids is 2. The summed E-state index contributed by atoms with van der Waals surface area (Å²) >= 11 is 11.9. The first-order valence-corrected chi connectivity index (χ1v) is 7.66. The maximum absolute atomic E-state index is 12.1. The average Bonchev–Trinajstić information content (AvgIpc) is 2.46. The molecule has 1 N–H and O–H groups in total. The van der Waals surface area contributed by atoms with Gasteiger partial charge in [-0.25, -0.2) is 4.79 Å². The first kappa shape index (κ1) is 17.3. The summed E-state index contributed by atoms with van der Waals surface area (Å²) in [5, 5.41) is 3.04. The second-order valence-electron chi connectivity index (χ2n) is 5.00. The molecule has 120 valence electrons. The zero-order valence-electron chi connectivity index (χ0n) is 12.6. The molecule has 0 unspecified atom stereocenters. The smallest absolute Gasteiger partial charge is 0.341 e. The van der Waals surface area contributed by atoms with Crippen molar-refractivity contribution in [3.63, 3.8) is 0 Å². The standard InChI is InChI=1S/C17H15Cl2NO3/c1-10-5-3-6-12(9-10)20-16(21)11(2)23-17(22)15-13(18)7-4-8-14(15)19/h3-9,11H,1-2H3,(H,20,21)/t11-/m1/s1. The van der Waals surface area contributed by atoms with Crippen molar-refractivity contribution in [1.29, 1.82) is 0 Å². The summed E-state index contributed by atoms with van der Waals surface area (Å²) in [4.78, 5) is 24.2. The molecule has 0 heterocycles. The van der Waals surface area contributed by atoms with Crippen molar-refractivity contribution in [2.45, 2.75) is 20.0 Å². The highest BCUT2D eigenvalue weighted by Crippen LogP contribution is 2.25. The summed E-state index contributed by atoms with van der Waals surface area (Å²) in [7, 11) is 0. The number of hydrogen-bond donors (Lipinski definition) is 1. The number of nitrogens with one attached hydrogen (secondary N) is 1. The van der Waals surface area contributed by atoms with E-state index in [1.54, 1.807) is 12.1 Å². The van der Waals surface area contributed by atoms with Crippen LogP contribution in [0.2, 0.25) is 10.0 Å². The first-order valence-electron chi connectivity index (χ1n) is 6.91. The number of carbonyl (C=O) groups is 2. The van der Waals surface area contributed by atoms with Gasteiger partial charge in [0.25, 0.3) is 5.91 Å². The van der Waals surface area contributed by atoms with Crippen LogP contribution in [0.1, 0.15) is 22.8 Å². The molecule has 0 aliphatic heterocycles. The summed E-state index contributed by atoms with van der Waals surface area (Å²) in [6.07, 6.45) is -0.990. The van der Waals surface area contributed by atoms with Crippen LogP contribution in [0.5, 0.6) is 0 Å². The van der Waals surface area contributed by atoms with Crippen molar-refractivity contribution >= 4 is 40.8 Å². The van der Waals surface area contributed by atoms with Crippen molar-refractivity contribution in [3.05, 3.63) is 63.6 Å². The fourth-order valence-corrected chi connectivity index (χ4v) is 2.48. The van der Waals surface area contributed by atoms with Crippen LogP contribution in [0.3, 0.4) is 0 Å². The molecule has 0 bridgehead atoms. The normalized spacial score (nSPS) is 11.7. The lowest BCUT2D eigenvalue weighted by atomic mass is 10.2. The van der Waals surface area contributed by atoms with Crippen LogP contribution < -0.4 is 5.32 Å². The third-order valence-electron chi connectivity index (χ3n) is 3.11. The van der Waals surface area contributed by atoms with Gasteiger partial charge in [0.1, 0.15) is 0 Å². The van der Waals surface area contributed by atoms with E-state index in [4.69, 9.17) is 27.9 Å². The third-order valence-corrected chi connectivity index (χ3v) is 3.74. The molecule has 0 aliphatic rings. The minimum Gasteiger partial charge on any atom is -0.449 e. The Hall–Kier alpha value is -2.04. The van der Waals surface area contributed by atoms with Crippen LogP contribution >= 0.6 is 23.2 Å². The number of esters is 1. The Morgan fingerprint density at radius 2 is 1.70 bits per heavy atom. The lowest BCUT2D eigenvalue weighted by Gasteiger charge is -2.15. The first-order chi connectivity index (χ1) is 10.9. The molecule has 1 atom stereocenters. The molecule has 0 spiro atoms. The Morgan fingerprint density at radius 1 is 1.09 bits per heavy atom. The fourth-order valence-electron chi connectivity index (χ4n) is 1.93. The Bertz CT molecular complexity index is 726. The summed E-state index contributed by atoms with van der Waals surface area (Å²) in [5.41, 5.74) is 1.69. The van der Waals surface area contributed by atoms with Crippen LogP contribution in [0.25, 0.3) is 0 Å². The van der Waals surface area contributed by atoms with Gasteiger partial charge in [-0.05, 0) is 43.7 Å². The maximum Gasteiger partial charge on any atom is 0.341 e. The number of halogens is 2. The minimum atomic E-state index is -0.990. The molecule has 0 aliphatic carbocycles. The fraction of sp³-hybridized carbons (Fsp3) is 0.176. The number of anilines is 1. The van der Waals surface area contributed by atoms with Gasteiger partial charge in [-0.1, -0.05) is 41.4 Å². The van der Waals surface area contributed by atoms with Gasteiger partial charge in [0.15, 0.2) is 6.10 Å². The average molecular weight is 352 g/mol. The largest absolute Gasteiger partial charge is 0.449 e. The Balaban J connectivity index is 2.05. The maximum atomic E-state index is 12.1. The number of hydrogen-bond acceptors (Lipinski definition) is 3. The summed E-state index contributed by atoms with van der Waals surface area (Å²) in [5.74, 6) is -1.18. The molecule has 2 rings (SSSR count). The van der Waals surface area contributed by atoms with Crippen molar-refractivity contribution < 1.29 is 14.3 Å². The van der Waals surface area contributed by atoms with Crippen molar-refractivity contribution in [2.24, 2.45) is 0 Å². The number of aryl methyl sites for hydroxylation is 1. The van der Waals surface area contributed by atoms with Gasteiger partial charge in [-0.3, -0.25) is 4.79 Å². The van der Waals surface area contributed by atoms with Gasteiger partial charge in [-0.15, -0.1) is 0 Å². The predicted molar refractivity (Wildman–Crippen MR) is 91.1 cm³/mol. The lowest BCUT2D eigenvalue weighted by molar-refractivity contribution is -0.123. The molecule has 1 amide bonds. The van der Waals surface area contributed by atoms with Crippen LogP contribution in [0.4, 0.5) is 5.69 Å². The molecule has 2 aromatic carbocycles. The number of benzene rings is 2. The van der Waals surface area contributed by atoms with E-state index in [1.165, 1.54) is 19.1 Å². The second kappa shape index (κ2) is 7.49. The van der Waals surface area contributed by atoms with Crippen molar-refractivity contribution in [3.8, 4) is 0 Å². The molecule has 4 nitrogen and oxygen atoms in total. The zero-order chi connectivity index (χ0) is 17.0. The molecule has 0 fully saturated rings. The minimum absolute atomic E-state index is 0.0473. The van der Waals surface area contributed by atoms with E-state index in [9.17, 15) is 9.59 Å². The molecular weight excluding hydrogens is 337 g/mol. The monoisotopic (exact) mass is 351 g/mol. The molecule has 0 aromatic heterocycles. The molecule has 6 heteroatoms. The Morgan fingerprint density at radius 3 is 2.30 bits per heavy atom. The highest BCUT2D eigenvalue weighted by molar-refractivity contribution is 6.39. The van der Waals surface area contributed by atoms with Crippen LogP contribution in [0, 0.1) is 6.92 Å². The summed E-state index contributed by atoms with van der Waals surface area (Å²) in [6, 6.07) is 12.0. The van der Waals surface area contributed by atoms with E-state index in [0.29, 0.717) is 5.69 Å². The highest BCUT2D eigenvalue weighted by atomic mass is 35.5. The molecule has 0 saturated heterocycles. The SMILES string of the molecule is Cc1cccc(NC(=O)[C@@H](C)OC(=O)c2c(Cl)cccc2Cl)c1. The quantitative estimate of drug-likeness (QED) is 0.825. The molecule has 0 radical (unpaired) electrons. The molecule has 23 heavy (non-hydrogen) atoms. The van der Waals surface area contributed by atoms with Crippen LogP contribution in [-0.2, 0) is 9.53 Å². The lowest BCUT2D eigenvalue weighted by Crippen LogP contribution is -2.30. The Labute approximate surface area is 144 Å². The number of ether oxygens (including phenoxy) is 1. The topological polar surface area (TPSA) is 55.4 Å². The van der Waals surface area contributed by atoms with Gasteiger partial charge in [0.2, 0.25) is 0 Å². The van der Waals surface area contributed by atoms with Crippen molar-refractivity contribution in [1.82, 2.24) is 0 Å². The van der Waals surface area contributed by atoms with Crippen LogP contribution in [-0.4, -0.2) is 18.0 Å².